The number of rotatable bonds is 1. The molecule has 1 aromatic heterocycles. The van der Waals surface area contributed by atoms with E-state index >= 15 is 0 Å². The first kappa shape index (κ1) is 8.37. The minimum Gasteiger partial charge on any atom is -0.477 e. The fourth-order valence-electron chi connectivity index (χ4n) is 0.743. The van der Waals surface area contributed by atoms with Crippen molar-refractivity contribution in [2.75, 3.05) is 6.54 Å². The number of carboxylic acid groups (broad SMARTS) is 1. The Morgan fingerprint density at radius 2 is 2.50 bits per heavy atom. The lowest BCUT2D eigenvalue weighted by atomic mass is 10.3. The molecule has 4 nitrogen and oxygen atoms in total. The Balaban J connectivity index is 2.84. The molecule has 0 radical (unpaired) electrons. The lowest BCUT2D eigenvalue weighted by molar-refractivity contribution is 0.0691. The fourth-order valence-corrected chi connectivity index (χ4v) is 0.743. The number of aromatic nitrogens is 1. The van der Waals surface area contributed by atoms with Crippen LogP contribution in [0.3, 0.4) is 0 Å². The maximum absolute atomic E-state index is 10.4. The molecule has 0 aliphatic carbocycles. The molecular formula is C8H8N2O2. The van der Waals surface area contributed by atoms with Gasteiger partial charge in [-0.2, -0.15) is 0 Å². The van der Waals surface area contributed by atoms with Crippen molar-refractivity contribution in [3.63, 3.8) is 0 Å². The van der Waals surface area contributed by atoms with Crippen LogP contribution in [0.2, 0.25) is 0 Å². The largest absolute Gasteiger partial charge is 0.477 e. The summed E-state index contributed by atoms with van der Waals surface area (Å²) in [5, 5.41) is 8.52. The molecule has 0 amide bonds. The topological polar surface area (TPSA) is 79.1 Å². The van der Waals surface area contributed by atoms with Crippen LogP contribution in [-0.2, 0) is 0 Å². The van der Waals surface area contributed by atoms with Gasteiger partial charge in [-0.1, -0.05) is 11.8 Å². The lowest BCUT2D eigenvalue weighted by Crippen LogP contribution is -1.94. The summed E-state index contributed by atoms with van der Waals surface area (Å²) in [5.74, 6) is 4.34. The summed E-state index contributed by atoms with van der Waals surface area (Å²) in [6, 6.07) is 1.46. The third-order valence-electron chi connectivity index (χ3n) is 1.25. The van der Waals surface area contributed by atoms with Gasteiger partial charge >= 0.3 is 5.97 Å². The Labute approximate surface area is 69.4 Å². The van der Waals surface area contributed by atoms with Crippen LogP contribution in [0.15, 0.2) is 12.3 Å². The second kappa shape index (κ2) is 3.60. The van der Waals surface area contributed by atoms with E-state index in [1.165, 1.54) is 12.3 Å². The highest BCUT2D eigenvalue weighted by Crippen LogP contribution is 2.00. The number of hydrogen-bond donors (Lipinski definition) is 3. The maximum atomic E-state index is 10.4. The molecule has 4 heteroatoms. The average molecular weight is 164 g/mol. The second-order valence-electron chi connectivity index (χ2n) is 2.11. The van der Waals surface area contributed by atoms with Crippen molar-refractivity contribution in [3.8, 4) is 11.8 Å². The van der Waals surface area contributed by atoms with Crippen LogP contribution in [0.1, 0.15) is 16.1 Å². The molecule has 1 heterocycles. The highest BCUT2D eigenvalue weighted by molar-refractivity contribution is 5.86. The quantitative estimate of drug-likeness (QED) is 0.512. The van der Waals surface area contributed by atoms with Crippen LogP contribution in [0, 0.1) is 11.8 Å². The molecule has 4 N–H and O–H groups in total. The van der Waals surface area contributed by atoms with Crippen LogP contribution in [0.25, 0.3) is 0 Å². The van der Waals surface area contributed by atoms with E-state index in [4.69, 9.17) is 10.8 Å². The smallest absolute Gasteiger partial charge is 0.352 e. The predicted octanol–water partition coefficient (Wildman–Crippen LogP) is 0.0231. The van der Waals surface area contributed by atoms with Crippen molar-refractivity contribution in [2.24, 2.45) is 5.73 Å². The fraction of sp³-hybridized carbons (Fsp3) is 0.125. The molecule has 0 saturated heterocycles. The first-order valence-electron chi connectivity index (χ1n) is 3.34. The Morgan fingerprint density at radius 3 is 3.00 bits per heavy atom. The number of nitrogens with two attached hydrogens (primary N) is 1. The van der Waals surface area contributed by atoms with Crippen LogP contribution >= 0.6 is 0 Å². The Bertz CT molecular complexity index is 343. The van der Waals surface area contributed by atoms with E-state index in [9.17, 15) is 4.79 Å². The summed E-state index contributed by atoms with van der Waals surface area (Å²) >= 11 is 0. The predicted molar refractivity (Wildman–Crippen MR) is 43.7 cm³/mol. The summed E-state index contributed by atoms with van der Waals surface area (Å²) in [4.78, 5) is 13.0. The zero-order chi connectivity index (χ0) is 8.97. The number of carbonyl (C=O) groups is 1. The maximum Gasteiger partial charge on any atom is 0.352 e. The Hall–Kier alpha value is -1.73. The Morgan fingerprint density at radius 1 is 1.75 bits per heavy atom. The van der Waals surface area contributed by atoms with Gasteiger partial charge in [0.1, 0.15) is 5.69 Å². The lowest BCUT2D eigenvalue weighted by Gasteiger charge is -1.81. The number of H-pyrrole nitrogens is 1. The molecule has 0 aliphatic rings. The number of nitrogens with one attached hydrogen (secondary N) is 1. The minimum absolute atomic E-state index is 0.135. The van der Waals surface area contributed by atoms with E-state index in [0.29, 0.717) is 5.56 Å². The molecule has 0 saturated carbocycles. The molecule has 12 heavy (non-hydrogen) atoms. The molecule has 0 fully saturated rings. The van der Waals surface area contributed by atoms with Crippen LogP contribution in [0.4, 0.5) is 0 Å². The molecule has 1 rings (SSSR count). The summed E-state index contributed by atoms with van der Waals surface area (Å²) in [6.45, 7) is 0.271. The third kappa shape index (κ3) is 1.87. The molecule has 62 valence electrons. The minimum atomic E-state index is -0.990. The molecule has 0 spiro atoms. The van der Waals surface area contributed by atoms with E-state index < -0.39 is 5.97 Å². The SMILES string of the molecule is NCC#Cc1c[nH]c(C(=O)O)c1. The standard InChI is InChI=1S/C8H8N2O2/c9-3-1-2-6-4-7(8(11)12)10-5-6/h4-5,10H,3,9H2,(H,11,12). The zero-order valence-electron chi connectivity index (χ0n) is 6.29. The highest BCUT2D eigenvalue weighted by Gasteiger charge is 2.03. The number of aromatic carboxylic acids is 1. The third-order valence-corrected chi connectivity index (χ3v) is 1.25. The summed E-state index contributed by atoms with van der Waals surface area (Å²) in [7, 11) is 0. The van der Waals surface area contributed by atoms with E-state index in [1.54, 1.807) is 0 Å². The second-order valence-corrected chi connectivity index (χ2v) is 2.11. The van der Waals surface area contributed by atoms with Crippen molar-refractivity contribution in [1.29, 1.82) is 0 Å². The summed E-state index contributed by atoms with van der Waals surface area (Å²) in [5.41, 5.74) is 5.92. The van der Waals surface area contributed by atoms with Crippen LogP contribution < -0.4 is 5.73 Å². The van der Waals surface area contributed by atoms with Gasteiger partial charge in [-0.05, 0) is 6.07 Å². The van der Waals surface area contributed by atoms with Gasteiger partial charge < -0.3 is 15.8 Å². The van der Waals surface area contributed by atoms with Crippen molar-refractivity contribution in [3.05, 3.63) is 23.5 Å². The van der Waals surface area contributed by atoms with Crippen molar-refractivity contribution in [2.45, 2.75) is 0 Å². The van der Waals surface area contributed by atoms with Gasteiger partial charge in [-0.25, -0.2) is 4.79 Å². The average Bonchev–Trinajstić information content (AvgIpc) is 2.48. The zero-order valence-corrected chi connectivity index (χ0v) is 6.29. The van der Waals surface area contributed by atoms with Gasteiger partial charge in [0.15, 0.2) is 0 Å². The van der Waals surface area contributed by atoms with E-state index in [-0.39, 0.29) is 12.2 Å². The Kier molecular flexibility index (Phi) is 2.51. The van der Waals surface area contributed by atoms with Crippen molar-refractivity contribution in [1.82, 2.24) is 4.98 Å². The molecule has 0 unspecified atom stereocenters. The van der Waals surface area contributed by atoms with Gasteiger partial charge in [0, 0.05) is 11.8 Å². The molecule has 0 aromatic carbocycles. The summed E-state index contributed by atoms with van der Waals surface area (Å²) < 4.78 is 0. The van der Waals surface area contributed by atoms with Gasteiger partial charge in [0.25, 0.3) is 0 Å². The molecule has 0 atom stereocenters. The number of hydrogen-bond acceptors (Lipinski definition) is 2. The van der Waals surface area contributed by atoms with E-state index in [1.807, 2.05) is 0 Å². The van der Waals surface area contributed by atoms with Gasteiger partial charge in [0.05, 0.1) is 6.54 Å². The molecular weight excluding hydrogens is 156 g/mol. The van der Waals surface area contributed by atoms with Gasteiger partial charge in [-0.15, -0.1) is 0 Å². The van der Waals surface area contributed by atoms with E-state index in [2.05, 4.69) is 16.8 Å². The van der Waals surface area contributed by atoms with Crippen LogP contribution in [0.5, 0.6) is 0 Å². The van der Waals surface area contributed by atoms with Gasteiger partial charge in [0.2, 0.25) is 0 Å². The van der Waals surface area contributed by atoms with Crippen LogP contribution in [-0.4, -0.2) is 22.6 Å². The van der Waals surface area contributed by atoms with Gasteiger partial charge in [-0.3, -0.25) is 0 Å². The van der Waals surface area contributed by atoms with Crippen molar-refractivity contribution >= 4 is 5.97 Å². The number of aromatic amines is 1. The molecule has 1 aromatic rings. The van der Waals surface area contributed by atoms with Crippen molar-refractivity contribution < 1.29 is 9.90 Å². The van der Waals surface area contributed by atoms with E-state index in [0.717, 1.165) is 0 Å². The molecule has 0 aliphatic heterocycles. The first-order valence-corrected chi connectivity index (χ1v) is 3.34. The monoisotopic (exact) mass is 164 g/mol. The summed E-state index contributed by atoms with van der Waals surface area (Å²) in [6.07, 6.45) is 1.53. The normalized spacial score (nSPS) is 8.75. The highest BCUT2D eigenvalue weighted by atomic mass is 16.4. The molecule has 0 bridgehead atoms. The first-order chi connectivity index (χ1) is 5.74. The number of carboxylic acids is 1.